The molecule has 0 unspecified atom stereocenters. The summed E-state index contributed by atoms with van der Waals surface area (Å²) in [5.41, 5.74) is 3.44. The van der Waals surface area contributed by atoms with Gasteiger partial charge in [-0.15, -0.1) is 0 Å². The lowest BCUT2D eigenvalue weighted by Gasteiger charge is -2.11. The number of carbonyl (C=O) groups is 1. The highest BCUT2D eigenvalue weighted by molar-refractivity contribution is 9.10. The molecule has 1 fully saturated rings. The predicted molar refractivity (Wildman–Crippen MR) is 142 cm³/mol. The van der Waals surface area contributed by atoms with Crippen molar-refractivity contribution in [2.45, 2.75) is 13.5 Å². The van der Waals surface area contributed by atoms with Gasteiger partial charge < -0.3 is 10.1 Å². The Labute approximate surface area is 219 Å². The number of carbonyl (C=O) groups excluding carboxylic acids is 1. The van der Waals surface area contributed by atoms with Gasteiger partial charge in [0.1, 0.15) is 6.61 Å². The number of halogens is 4. The fourth-order valence-electron chi connectivity index (χ4n) is 3.08. The van der Waals surface area contributed by atoms with Crippen LogP contribution in [0.3, 0.4) is 0 Å². The molecule has 168 valence electrons. The van der Waals surface area contributed by atoms with E-state index in [0.29, 0.717) is 47.7 Å². The van der Waals surface area contributed by atoms with E-state index in [0.717, 1.165) is 16.7 Å². The minimum atomic E-state index is -0.260. The lowest BCUT2D eigenvalue weighted by atomic mass is 10.1. The molecule has 4 nitrogen and oxygen atoms in total. The van der Waals surface area contributed by atoms with Gasteiger partial charge in [-0.05, 0) is 76.1 Å². The van der Waals surface area contributed by atoms with Gasteiger partial charge in [-0.1, -0.05) is 70.7 Å². The molecule has 4 rings (SSSR count). The number of aryl methyl sites for hydroxylation is 1. The van der Waals surface area contributed by atoms with E-state index in [2.05, 4.69) is 32.3 Å². The van der Waals surface area contributed by atoms with Crippen LogP contribution in [-0.4, -0.2) is 11.1 Å². The number of rotatable bonds is 5. The third kappa shape index (κ3) is 5.94. The van der Waals surface area contributed by atoms with Gasteiger partial charge in [0.25, 0.3) is 5.91 Å². The van der Waals surface area contributed by atoms with Crippen LogP contribution in [0.5, 0.6) is 5.75 Å². The molecule has 0 bridgehead atoms. The summed E-state index contributed by atoms with van der Waals surface area (Å²) in [7, 11) is 0. The minimum Gasteiger partial charge on any atom is -0.486 e. The zero-order chi connectivity index (χ0) is 23.5. The first-order valence-electron chi connectivity index (χ1n) is 9.71. The summed E-state index contributed by atoms with van der Waals surface area (Å²) in [4.78, 5) is 17.3. The second kappa shape index (κ2) is 10.5. The molecule has 0 aromatic heterocycles. The summed E-state index contributed by atoms with van der Waals surface area (Å²) < 4.78 is 6.62. The number of aliphatic imine (C=N–C) groups is 1. The Morgan fingerprint density at radius 1 is 1.09 bits per heavy atom. The number of benzene rings is 3. The summed E-state index contributed by atoms with van der Waals surface area (Å²) in [6.45, 7) is 2.43. The summed E-state index contributed by atoms with van der Waals surface area (Å²) in [5, 5.41) is 4.32. The number of nitrogens with one attached hydrogen (secondary N) is 1. The van der Waals surface area contributed by atoms with E-state index >= 15 is 0 Å². The first kappa shape index (κ1) is 24.2. The van der Waals surface area contributed by atoms with Crippen molar-refractivity contribution in [3.63, 3.8) is 0 Å². The number of thioether (sulfide) groups is 1. The molecule has 0 aliphatic carbocycles. The van der Waals surface area contributed by atoms with Crippen LogP contribution in [0.2, 0.25) is 15.1 Å². The van der Waals surface area contributed by atoms with E-state index in [9.17, 15) is 4.79 Å². The highest BCUT2D eigenvalue weighted by atomic mass is 79.9. The molecule has 0 atom stereocenters. The van der Waals surface area contributed by atoms with Gasteiger partial charge in [-0.25, -0.2) is 4.99 Å². The molecule has 0 radical (unpaired) electrons. The molecule has 1 aliphatic rings. The van der Waals surface area contributed by atoms with E-state index in [1.165, 1.54) is 11.8 Å². The largest absolute Gasteiger partial charge is 0.486 e. The molecular weight excluding hydrogens is 567 g/mol. The van der Waals surface area contributed by atoms with Gasteiger partial charge in [-0.2, -0.15) is 0 Å². The van der Waals surface area contributed by atoms with E-state index in [1.54, 1.807) is 30.3 Å². The quantitative estimate of drug-likeness (QED) is 0.309. The number of amides is 1. The van der Waals surface area contributed by atoms with Crippen LogP contribution in [0.4, 0.5) is 5.69 Å². The van der Waals surface area contributed by atoms with Crippen LogP contribution in [0.25, 0.3) is 6.08 Å². The second-order valence-corrected chi connectivity index (χ2v) is 10.2. The van der Waals surface area contributed by atoms with Crippen molar-refractivity contribution >= 4 is 85.3 Å². The molecule has 3 aromatic rings. The average molecular weight is 583 g/mol. The van der Waals surface area contributed by atoms with Crippen molar-refractivity contribution in [3.05, 3.63) is 95.7 Å². The topological polar surface area (TPSA) is 50.7 Å². The molecule has 9 heteroatoms. The van der Waals surface area contributed by atoms with Gasteiger partial charge in [0.05, 0.1) is 30.1 Å². The maximum atomic E-state index is 12.4. The summed E-state index contributed by atoms with van der Waals surface area (Å²) in [5.74, 6) is 0.283. The second-order valence-electron chi connectivity index (χ2n) is 7.15. The van der Waals surface area contributed by atoms with Crippen molar-refractivity contribution in [1.29, 1.82) is 0 Å². The van der Waals surface area contributed by atoms with Crippen molar-refractivity contribution in [2.75, 3.05) is 0 Å². The molecule has 3 aromatic carbocycles. The number of ether oxygens (including phenoxy) is 1. The van der Waals surface area contributed by atoms with Crippen LogP contribution < -0.4 is 10.1 Å². The molecule has 1 N–H and O–H groups in total. The SMILES string of the molecule is Cc1cccc(COc2c(Cl)cc(/C=C3\SC(=Nc4cccc(Cl)c4Cl)NC3=O)cc2Br)c1. The molecule has 1 heterocycles. The molecule has 1 amide bonds. The predicted octanol–water partition coefficient (Wildman–Crippen LogP) is 8.19. The minimum absolute atomic E-state index is 0.260. The highest BCUT2D eigenvalue weighted by Gasteiger charge is 2.24. The Hall–Kier alpha value is -1.96. The fraction of sp³-hybridized carbons (Fsp3) is 0.0833. The lowest BCUT2D eigenvalue weighted by Crippen LogP contribution is -2.19. The maximum absolute atomic E-state index is 12.4. The molecular formula is C24H16BrCl3N2O2S. The first-order chi connectivity index (χ1) is 15.8. The molecule has 33 heavy (non-hydrogen) atoms. The van der Waals surface area contributed by atoms with E-state index < -0.39 is 0 Å². The molecule has 1 saturated heterocycles. The smallest absolute Gasteiger partial charge is 0.264 e. The zero-order valence-electron chi connectivity index (χ0n) is 17.2. The van der Waals surface area contributed by atoms with Crippen LogP contribution in [0.15, 0.2) is 69.0 Å². The van der Waals surface area contributed by atoms with E-state index in [4.69, 9.17) is 39.5 Å². The molecule has 0 spiro atoms. The van der Waals surface area contributed by atoms with Crippen molar-refractivity contribution < 1.29 is 9.53 Å². The standard InChI is InChI=1S/C24H16BrCl3N2O2S/c1-13-4-2-5-14(8-13)12-32-22-16(25)9-15(10-18(22)27)11-20-23(31)30-24(33-20)29-19-7-3-6-17(26)21(19)28/h2-11H,12H2,1H3,(H,29,30,31)/b20-11-. The van der Waals surface area contributed by atoms with Crippen LogP contribution in [0, 0.1) is 6.92 Å². The third-order valence-corrected chi connectivity index (χ3v) is 7.18. The Morgan fingerprint density at radius 3 is 2.64 bits per heavy atom. The van der Waals surface area contributed by atoms with Gasteiger partial charge >= 0.3 is 0 Å². The number of amidine groups is 1. The van der Waals surface area contributed by atoms with Crippen LogP contribution in [-0.2, 0) is 11.4 Å². The molecule has 0 saturated carbocycles. The van der Waals surface area contributed by atoms with Crippen molar-refractivity contribution in [1.82, 2.24) is 5.32 Å². The molecule has 1 aliphatic heterocycles. The summed E-state index contributed by atoms with van der Waals surface area (Å²) in [6, 6.07) is 16.8. The first-order valence-corrected chi connectivity index (χ1v) is 12.5. The number of hydrogen-bond donors (Lipinski definition) is 1. The van der Waals surface area contributed by atoms with E-state index in [1.807, 2.05) is 31.2 Å². The Bertz CT molecular complexity index is 1290. The summed E-state index contributed by atoms with van der Waals surface area (Å²) >= 11 is 23.4. The van der Waals surface area contributed by atoms with Crippen LogP contribution in [0.1, 0.15) is 16.7 Å². The van der Waals surface area contributed by atoms with Gasteiger partial charge in [0, 0.05) is 0 Å². The Balaban J connectivity index is 1.52. The third-order valence-electron chi connectivity index (χ3n) is 4.59. The van der Waals surface area contributed by atoms with Crippen molar-refractivity contribution in [2.24, 2.45) is 4.99 Å². The highest BCUT2D eigenvalue weighted by Crippen LogP contribution is 2.38. The Morgan fingerprint density at radius 2 is 1.88 bits per heavy atom. The maximum Gasteiger partial charge on any atom is 0.264 e. The number of nitrogens with zero attached hydrogens (tertiary/aromatic N) is 1. The number of hydrogen-bond acceptors (Lipinski definition) is 4. The summed E-state index contributed by atoms with van der Waals surface area (Å²) in [6.07, 6.45) is 1.74. The Kier molecular flexibility index (Phi) is 7.72. The van der Waals surface area contributed by atoms with Gasteiger partial charge in [0.15, 0.2) is 10.9 Å². The zero-order valence-corrected chi connectivity index (χ0v) is 21.8. The van der Waals surface area contributed by atoms with Crippen molar-refractivity contribution in [3.8, 4) is 5.75 Å². The van der Waals surface area contributed by atoms with Gasteiger partial charge in [0.2, 0.25) is 0 Å². The average Bonchev–Trinajstić information content (AvgIpc) is 3.09. The van der Waals surface area contributed by atoms with Gasteiger partial charge in [-0.3, -0.25) is 4.79 Å². The monoisotopic (exact) mass is 580 g/mol. The fourth-order valence-corrected chi connectivity index (χ4v) is 5.24. The van der Waals surface area contributed by atoms with Crippen LogP contribution >= 0.6 is 62.5 Å². The lowest BCUT2D eigenvalue weighted by molar-refractivity contribution is -0.115. The normalized spacial score (nSPS) is 15.8. The van der Waals surface area contributed by atoms with E-state index in [-0.39, 0.29) is 5.91 Å².